The molecule has 1 saturated heterocycles. The van der Waals surface area contributed by atoms with E-state index in [-0.39, 0.29) is 16.7 Å². The van der Waals surface area contributed by atoms with Crippen LogP contribution in [0.3, 0.4) is 0 Å². The lowest BCUT2D eigenvalue weighted by atomic mass is 9.96. The summed E-state index contributed by atoms with van der Waals surface area (Å²) < 4.78 is 28.9. The van der Waals surface area contributed by atoms with Crippen LogP contribution in [0.1, 0.15) is 19.3 Å². The summed E-state index contributed by atoms with van der Waals surface area (Å²) in [6.07, 6.45) is 8.68. The minimum atomic E-state index is -3.26. The van der Waals surface area contributed by atoms with Crippen LogP contribution in [-0.2, 0) is 14.6 Å². The summed E-state index contributed by atoms with van der Waals surface area (Å²) in [5, 5.41) is 0. The molecule has 2 aromatic rings. The first-order valence-corrected chi connectivity index (χ1v) is 11.9. The molecule has 8 nitrogen and oxygen atoms in total. The van der Waals surface area contributed by atoms with Gasteiger partial charge in [-0.15, -0.1) is 0 Å². The molecule has 0 bridgehead atoms. The van der Waals surface area contributed by atoms with Crippen LogP contribution in [0.5, 0.6) is 5.75 Å². The predicted octanol–water partition coefficient (Wildman–Crippen LogP) is 2.02. The third-order valence-electron chi connectivity index (χ3n) is 5.16. The number of nitrogens with zero attached hydrogens (tertiary/aromatic N) is 4. The Morgan fingerprint density at radius 1 is 1.33 bits per heavy atom. The van der Waals surface area contributed by atoms with Gasteiger partial charge in [-0.05, 0) is 37.5 Å². The fraction of sp³-hybridized carbons (Fsp3) is 0.476. The van der Waals surface area contributed by atoms with E-state index in [1.165, 1.54) is 12.3 Å². The molecule has 1 amide bonds. The Kier molecular flexibility index (Phi) is 7.25. The van der Waals surface area contributed by atoms with Crippen LogP contribution in [0.2, 0.25) is 0 Å². The number of amides is 1. The van der Waals surface area contributed by atoms with E-state index in [1.807, 2.05) is 7.05 Å². The highest BCUT2D eigenvalue weighted by Crippen LogP contribution is 2.22. The van der Waals surface area contributed by atoms with Crippen LogP contribution in [0.4, 0.5) is 5.82 Å². The summed E-state index contributed by atoms with van der Waals surface area (Å²) in [6, 6.07) is 6.45. The van der Waals surface area contributed by atoms with Gasteiger partial charge < -0.3 is 14.5 Å². The van der Waals surface area contributed by atoms with Crippen molar-refractivity contribution in [1.29, 1.82) is 0 Å². The smallest absolute Gasteiger partial charge is 0.227 e. The fourth-order valence-corrected chi connectivity index (χ4v) is 4.21. The number of hydrogen-bond donors (Lipinski definition) is 0. The quantitative estimate of drug-likeness (QED) is 0.589. The molecule has 1 unspecified atom stereocenters. The van der Waals surface area contributed by atoms with Crippen LogP contribution in [-0.4, -0.2) is 68.7 Å². The lowest BCUT2D eigenvalue weighted by molar-refractivity contribution is -0.134. The number of benzene rings is 1. The predicted molar refractivity (Wildman–Crippen MR) is 114 cm³/mol. The number of ether oxygens (including phenoxy) is 1. The van der Waals surface area contributed by atoms with Gasteiger partial charge in [0.15, 0.2) is 9.84 Å². The Balaban J connectivity index is 1.46. The maximum absolute atomic E-state index is 12.8. The Morgan fingerprint density at radius 3 is 2.90 bits per heavy atom. The lowest BCUT2D eigenvalue weighted by Crippen LogP contribution is -2.44. The van der Waals surface area contributed by atoms with Crippen molar-refractivity contribution in [1.82, 2.24) is 14.9 Å². The molecular formula is C21H28N4O4S. The van der Waals surface area contributed by atoms with Crippen LogP contribution in [0.15, 0.2) is 47.8 Å². The first-order valence-electron chi connectivity index (χ1n) is 10.0. The van der Waals surface area contributed by atoms with Gasteiger partial charge in [-0.3, -0.25) is 9.78 Å². The molecule has 0 spiro atoms. The second-order valence-electron chi connectivity index (χ2n) is 7.56. The number of rotatable bonds is 8. The van der Waals surface area contributed by atoms with Crippen LogP contribution in [0, 0.1) is 5.92 Å². The van der Waals surface area contributed by atoms with Crippen molar-refractivity contribution in [2.24, 2.45) is 5.92 Å². The topological polar surface area (TPSA) is 92.7 Å². The summed E-state index contributed by atoms with van der Waals surface area (Å²) in [6.45, 7) is 2.51. The first kappa shape index (κ1) is 22.0. The third kappa shape index (κ3) is 5.91. The Bertz CT molecular complexity index is 952. The van der Waals surface area contributed by atoms with E-state index in [0.29, 0.717) is 31.9 Å². The number of carbonyl (C=O) groups excluding carboxylic acids is 1. The summed E-state index contributed by atoms with van der Waals surface area (Å²) in [5.74, 6) is 1.39. The highest BCUT2D eigenvalue weighted by molar-refractivity contribution is 7.90. The molecule has 1 aliphatic heterocycles. The molecule has 1 aromatic carbocycles. The van der Waals surface area contributed by atoms with Gasteiger partial charge >= 0.3 is 0 Å². The Labute approximate surface area is 177 Å². The maximum Gasteiger partial charge on any atom is 0.227 e. The Morgan fingerprint density at radius 2 is 2.17 bits per heavy atom. The molecular weight excluding hydrogens is 404 g/mol. The van der Waals surface area contributed by atoms with Gasteiger partial charge in [-0.1, -0.05) is 6.07 Å². The van der Waals surface area contributed by atoms with Crippen LogP contribution in [0.25, 0.3) is 0 Å². The minimum Gasteiger partial charge on any atom is -0.493 e. The summed E-state index contributed by atoms with van der Waals surface area (Å²) in [4.78, 5) is 25.4. The summed E-state index contributed by atoms with van der Waals surface area (Å²) in [7, 11) is -1.45. The molecule has 0 saturated carbocycles. The molecule has 1 atom stereocenters. The van der Waals surface area contributed by atoms with E-state index >= 15 is 0 Å². The van der Waals surface area contributed by atoms with Crippen LogP contribution < -0.4 is 9.64 Å². The van der Waals surface area contributed by atoms with E-state index < -0.39 is 9.84 Å². The molecule has 162 valence electrons. The van der Waals surface area contributed by atoms with E-state index in [1.54, 1.807) is 41.7 Å². The van der Waals surface area contributed by atoms with Gasteiger partial charge in [0.05, 0.1) is 23.6 Å². The molecule has 9 heteroatoms. The largest absolute Gasteiger partial charge is 0.493 e. The van der Waals surface area contributed by atoms with Crippen molar-refractivity contribution in [2.45, 2.75) is 24.2 Å². The van der Waals surface area contributed by atoms with Crippen molar-refractivity contribution in [3.63, 3.8) is 0 Å². The first-order chi connectivity index (χ1) is 14.3. The number of hydrogen-bond acceptors (Lipinski definition) is 7. The van der Waals surface area contributed by atoms with E-state index in [0.717, 1.165) is 25.2 Å². The molecule has 2 heterocycles. The number of anilines is 1. The molecule has 0 aliphatic carbocycles. The Hall–Kier alpha value is -2.68. The fourth-order valence-electron chi connectivity index (χ4n) is 3.55. The van der Waals surface area contributed by atoms with Gasteiger partial charge in [-0.25, -0.2) is 13.4 Å². The van der Waals surface area contributed by atoms with Crippen molar-refractivity contribution in [3.05, 3.63) is 42.9 Å². The highest BCUT2D eigenvalue weighted by atomic mass is 32.2. The van der Waals surface area contributed by atoms with Gasteiger partial charge in [-0.2, -0.15) is 0 Å². The molecule has 1 fully saturated rings. The summed E-state index contributed by atoms with van der Waals surface area (Å²) in [5.41, 5.74) is 0. The molecule has 3 rings (SSSR count). The van der Waals surface area contributed by atoms with Crippen molar-refractivity contribution < 1.29 is 17.9 Å². The van der Waals surface area contributed by atoms with Crippen molar-refractivity contribution >= 4 is 21.6 Å². The molecule has 1 aromatic heterocycles. The minimum absolute atomic E-state index is 0.0573. The third-order valence-corrected chi connectivity index (χ3v) is 6.27. The average Bonchev–Trinajstić information content (AvgIpc) is 2.76. The van der Waals surface area contributed by atoms with Crippen molar-refractivity contribution in [3.8, 4) is 5.75 Å². The molecule has 0 N–H and O–H groups in total. The zero-order chi connectivity index (χ0) is 21.6. The maximum atomic E-state index is 12.8. The van der Waals surface area contributed by atoms with Gasteiger partial charge in [0.2, 0.25) is 5.91 Å². The van der Waals surface area contributed by atoms with Crippen LogP contribution >= 0.6 is 0 Å². The average molecular weight is 433 g/mol. The monoisotopic (exact) mass is 432 g/mol. The lowest BCUT2D eigenvalue weighted by Gasteiger charge is -2.34. The second kappa shape index (κ2) is 9.88. The summed E-state index contributed by atoms with van der Waals surface area (Å²) >= 11 is 0. The zero-order valence-electron chi connectivity index (χ0n) is 17.4. The van der Waals surface area contributed by atoms with E-state index in [4.69, 9.17) is 4.74 Å². The zero-order valence-corrected chi connectivity index (χ0v) is 18.2. The SMILES string of the molecule is CN(CCCOc1cccc(S(C)(=O)=O)c1)C(=O)C1CCCN(c2cnccn2)C1. The number of sulfone groups is 1. The normalized spacial score (nSPS) is 16.9. The van der Waals surface area contributed by atoms with Gasteiger partial charge in [0.25, 0.3) is 0 Å². The van der Waals surface area contributed by atoms with E-state index in [9.17, 15) is 13.2 Å². The highest BCUT2D eigenvalue weighted by Gasteiger charge is 2.28. The number of aromatic nitrogens is 2. The van der Waals surface area contributed by atoms with Gasteiger partial charge in [0.1, 0.15) is 11.6 Å². The molecule has 0 radical (unpaired) electrons. The molecule has 30 heavy (non-hydrogen) atoms. The van der Waals surface area contributed by atoms with E-state index in [2.05, 4.69) is 14.9 Å². The standard InChI is InChI=1S/C21H28N4O4S/c1-24(11-5-13-29-18-7-3-8-19(14-18)30(2,27)28)21(26)17-6-4-12-25(16-17)20-15-22-9-10-23-20/h3,7-10,14-15,17H,4-6,11-13,16H2,1-2H3. The second-order valence-corrected chi connectivity index (χ2v) is 9.57. The van der Waals surface area contributed by atoms with Gasteiger partial charge in [0, 0.05) is 45.3 Å². The molecule has 1 aliphatic rings. The van der Waals surface area contributed by atoms with Crippen molar-refractivity contribution in [2.75, 3.05) is 44.4 Å². The number of carbonyl (C=O) groups is 1. The number of piperidine rings is 1.